The van der Waals surface area contributed by atoms with Crippen LogP contribution in [0, 0.1) is 5.92 Å². The third-order valence-electron chi connectivity index (χ3n) is 4.84. The molecule has 0 unspecified atom stereocenters. The minimum atomic E-state index is -2.86. The topological polar surface area (TPSA) is 151 Å². The van der Waals surface area contributed by atoms with E-state index in [1.165, 1.54) is 18.7 Å². The zero-order valence-electron chi connectivity index (χ0n) is 19.8. The van der Waals surface area contributed by atoms with Gasteiger partial charge in [-0.15, -0.1) is 0 Å². The summed E-state index contributed by atoms with van der Waals surface area (Å²) in [5.74, 6) is -2.92. The van der Waals surface area contributed by atoms with Gasteiger partial charge < -0.3 is 25.6 Å². The van der Waals surface area contributed by atoms with Crippen molar-refractivity contribution in [2.24, 2.45) is 5.92 Å². The summed E-state index contributed by atoms with van der Waals surface area (Å²) >= 11 is 0. The Bertz CT molecular complexity index is 783. The van der Waals surface area contributed by atoms with Gasteiger partial charge in [-0.2, -0.15) is 0 Å². The van der Waals surface area contributed by atoms with Crippen LogP contribution in [-0.4, -0.2) is 64.8 Å². The van der Waals surface area contributed by atoms with E-state index in [1.54, 1.807) is 34.6 Å². The lowest BCUT2D eigenvalue weighted by atomic mass is 10.1. The van der Waals surface area contributed by atoms with Crippen molar-refractivity contribution in [3.8, 4) is 0 Å². The number of carbonyl (C=O) groups is 4. The molecule has 0 aliphatic carbocycles. The van der Waals surface area contributed by atoms with Gasteiger partial charge in [-0.05, 0) is 53.4 Å². The first-order chi connectivity index (χ1) is 14.6. The van der Waals surface area contributed by atoms with Crippen LogP contribution in [0.1, 0.15) is 61.3 Å². The van der Waals surface area contributed by atoms with Crippen LogP contribution < -0.4 is 16.0 Å². The minimum absolute atomic E-state index is 0.317. The SMILES string of the molecule is CC(C)[C@H](NC(=O)[C@@H]1CCCN1C(=O)[C@H](C)NC(=O)[C@H](C)NC(=O)OC(C)(C)C)P(=O)=O. The fourth-order valence-corrected chi connectivity index (χ4v) is 3.93. The van der Waals surface area contributed by atoms with E-state index in [4.69, 9.17) is 4.74 Å². The Labute approximate surface area is 189 Å². The number of hydrogen-bond acceptors (Lipinski definition) is 7. The first kappa shape index (κ1) is 27.6. The second-order valence-electron chi connectivity index (χ2n) is 9.27. The lowest BCUT2D eigenvalue weighted by Crippen LogP contribution is -2.56. The van der Waals surface area contributed by atoms with E-state index >= 15 is 0 Å². The monoisotopic (exact) mass is 474 g/mol. The van der Waals surface area contributed by atoms with Crippen molar-refractivity contribution in [3.05, 3.63) is 0 Å². The fraction of sp³-hybridized carbons (Fsp3) is 0.800. The average molecular weight is 474 g/mol. The molecular weight excluding hydrogens is 439 g/mol. The molecule has 0 aromatic carbocycles. The van der Waals surface area contributed by atoms with Crippen molar-refractivity contribution in [2.75, 3.05) is 6.54 Å². The molecule has 11 nitrogen and oxygen atoms in total. The summed E-state index contributed by atoms with van der Waals surface area (Å²) in [6.07, 6.45) is 0.221. The number of nitrogens with one attached hydrogen (secondary N) is 3. The lowest BCUT2D eigenvalue weighted by molar-refractivity contribution is -0.141. The fourth-order valence-electron chi connectivity index (χ4n) is 3.21. The predicted molar refractivity (Wildman–Crippen MR) is 116 cm³/mol. The van der Waals surface area contributed by atoms with Crippen molar-refractivity contribution in [3.63, 3.8) is 0 Å². The van der Waals surface area contributed by atoms with Gasteiger partial charge in [-0.3, -0.25) is 14.4 Å². The number of carbonyl (C=O) groups excluding carboxylic acids is 4. The highest BCUT2D eigenvalue weighted by Crippen LogP contribution is 2.23. The smallest absolute Gasteiger partial charge is 0.408 e. The highest BCUT2D eigenvalue weighted by Gasteiger charge is 2.38. The lowest BCUT2D eigenvalue weighted by Gasteiger charge is -2.28. The van der Waals surface area contributed by atoms with Crippen LogP contribution in [0.2, 0.25) is 0 Å². The molecule has 3 N–H and O–H groups in total. The molecule has 1 aliphatic heterocycles. The number of hydrogen-bond donors (Lipinski definition) is 3. The molecule has 4 amide bonds. The third kappa shape index (κ3) is 8.26. The summed E-state index contributed by atoms with van der Waals surface area (Å²) in [6, 6.07) is -2.70. The van der Waals surface area contributed by atoms with Crippen molar-refractivity contribution < 1.29 is 33.0 Å². The number of amides is 4. The molecule has 0 radical (unpaired) electrons. The highest BCUT2D eigenvalue weighted by molar-refractivity contribution is 7.31. The Morgan fingerprint density at radius 2 is 1.56 bits per heavy atom. The summed E-state index contributed by atoms with van der Waals surface area (Å²) < 4.78 is 27.9. The largest absolute Gasteiger partial charge is 0.444 e. The Kier molecular flexibility index (Phi) is 9.88. The van der Waals surface area contributed by atoms with Crippen LogP contribution in [-0.2, 0) is 28.3 Å². The van der Waals surface area contributed by atoms with Crippen LogP contribution in [0.4, 0.5) is 4.79 Å². The van der Waals surface area contributed by atoms with Gasteiger partial charge in [-0.1, -0.05) is 13.8 Å². The zero-order valence-corrected chi connectivity index (χ0v) is 20.7. The number of ether oxygens (including phenoxy) is 1. The van der Waals surface area contributed by atoms with Gasteiger partial charge in [0.2, 0.25) is 17.7 Å². The second kappa shape index (κ2) is 11.4. The molecule has 182 valence electrons. The summed E-state index contributed by atoms with van der Waals surface area (Å²) in [5.41, 5.74) is -0.719. The maximum absolute atomic E-state index is 12.9. The zero-order chi connectivity index (χ0) is 24.8. The van der Waals surface area contributed by atoms with Crippen molar-refractivity contribution >= 4 is 31.5 Å². The number of nitrogens with zero attached hydrogens (tertiary/aromatic N) is 1. The summed E-state index contributed by atoms with van der Waals surface area (Å²) in [6.45, 7) is 11.7. The molecule has 1 heterocycles. The Morgan fingerprint density at radius 3 is 2.06 bits per heavy atom. The maximum Gasteiger partial charge on any atom is 0.408 e. The van der Waals surface area contributed by atoms with Crippen LogP contribution in [0.15, 0.2) is 0 Å². The van der Waals surface area contributed by atoms with Gasteiger partial charge in [0.1, 0.15) is 29.5 Å². The Morgan fingerprint density at radius 1 is 0.969 bits per heavy atom. The predicted octanol–water partition coefficient (Wildman–Crippen LogP) is 1.67. The molecule has 0 spiro atoms. The molecule has 1 rings (SSSR count). The van der Waals surface area contributed by atoms with E-state index in [2.05, 4.69) is 16.0 Å². The molecule has 1 saturated heterocycles. The normalized spacial score (nSPS) is 19.0. The standard InChI is InChI=1S/C20H35N4O7P/c1-11(2)17(32(29)30)23-16(26)14-9-8-10-24(14)18(27)13(4)21-15(25)12(3)22-19(28)31-20(5,6)7/h11-14,17H,8-10H2,1-7H3,(H,21,25)(H,22,28)(H,23,26)/t12-,13-,14-,17+/m0/s1. The molecule has 0 bridgehead atoms. The van der Waals surface area contributed by atoms with Gasteiger partial charge in [0.05, 0.1) is 0 Å². The maximum atomic E-state index is 12.9. The van der Waals surface area contributed by atoms with Gasteiger partial charge in [-0.25, -0.2) is 13.9 Å². The summed E-state index contributed by atoms with van der Waals surface area (Å²) in [7, 11) is -2.86. The Hall–Kier alpha value is -2.42. The minimum Gasteiger partial charge on any atom is -0.444 e. The highest BCUT2D eigenvalue weighted by atomic mass is 31.1. The van der Waals surface area contributed by atoms with E-state index in [0.717, 1.165) is 0 Å². The Balaban J connectivity index is 2.72. The first-order valence-electron chi connectivity index (χ1n) is 10.7. The molecule has 32 heavy (non-hydrogen) atoms. The van der Waals surface area contributed by atoms with Crippen LogP contribution in [0.3, 0.4) is 0 Å². The van der Waals surface area contributed by atoms with Crippen LogP contribution in [0.5, 0.6) is 0 Å². The van der Waals surface area contributed by atoms with Gasteiger partial charge in [0.25, 0.3) is 0 Å². The second-order valence-corrected chi connectivity index (χ2v) is 10.4. The van der Waals surface area contributed by atoms with E-state index in [9.17, 15) is 28.3 Å². The van der Waals surface area contributed by atoms with E-state index < -0.39 is 61.0 Å². The van der Waals surface area contributed by atoms with Gasteiger partial charge >= 0.3 is 13.8 Å². The average Bonchev–Trinajstić information content (AvgIpc) is 3.12. The van der Waals surface area contributed by atoms with Crippen LogP contribution >= 0.6 is 7.68 Å². The van der Waals surface area contributed by atoms with Crippen LogP contribution in [0.25, 0.3) is 0 Å². The quantitative estimate of drug-likeness (QED) is 0.453. The molecule has 4 atom stereocenters. The van der Waals surface area contributed by atoms with E-state index in [0.29, 0.717) is 19.4 Å². The molecule has 0 aromatic heterocycles. The van der Waals surface area contributed by atoms with Crippen molar-refractivity contribution in [2.45, 2.75) is 90.8 Å². The number of rotatable bonds is 8. The summed E-state index contributed by atoms with van der Waals surface area (Å²) in [5, 5.41) is 7.44. The number of likely N-dealkylation sites (tertiary alicyclic amines) is 1. The molecular formula is C20H35N4O7P. The molecule has 12 heteroatoms. The van der Waals surface area contributed by atoms with E-state index in [-0.39, 0.29) is 5.92 Å². The summed E-state index contributed by atoms with van der Waals surface area (Å²) in [4.78, 5) is 51.1. The molecule has 1 fully saturated rings. The number of alkyl carbamates (subject to hydrolysis) is 1. The van der Waals surface area contributed by atoms with Crippen molar-refractivity contribution in [1.82, 2.24) is 20.9 Å². The van der Waals surface area contributed by atoms with Gasteiger partial charge in [0.15, 0.2) is 0 Å². The van der Waals surface area contributed by atoms with Crippen molar-refractivity contribution in [1.29, 1.82) is 0 Å². The first-order valence-corrected chi connectivity index (χ1v) is 11.9. The molecule has 0 saturated carbocycles. The van der Waals surface area contributed by atoms with E-state index in [1.807, 2.05) is 0 Å². The third-order valence-corrected chi connectivity index (χ3v) is 6.02. The molecule has 1 aliphatic rings. The van der Waals surface area contributed by atoms with Gasteiger partial charge in [0, 0.05) is 6.54 Å². The molecule has 0 aromatic rings.